The molecule has 1 aliphatic rings. The number of rotatable bonds is 4. The van der Waals surface area contributed by atoms with Crippen LogP contribution in [0.15, 0.2) is 60.8 Å². The zero-order valence-corrected chi connectivity index (χ0v) is 19.4. The Balaban J connectivity index is 0.00000304. The molecule has 182 valence electrons. The molecule has 2 heterocycles. The van der Waals surface area contributed by atoms with Crippen LogP contribution in [0.5, 0.6) is 0 Å². The van der Waals surface area contributed by atoms with Crippen LogP contribution >= 0.6 is 11.6 Å². The third-order valence-electron chi connectivity index (χ3n) is 6.73. The molecule has 1 saturated carbocycles. The summed E-state index contributed by atoms with van der Waals surface area (Å²) in [5.41, 5.74) is 2.45. The third-order valence-corrected chi connectivity index (χ3v) is 7.12. The molecule has 0 radical (unpaired) electrons. The quantitative estimate of drug-likeness (QED) is 0.283. The second-order valence-electron chi connectivity index (χ2n) is 8.89. The van der Waals surface area contributed by atoms with E-state index in [4.69, 9.17) is 11.6 Å². The Morgan fingerprint density at radius 2 is 1.64 bits per heavy atom. The fourth-order valence-electron chi connectivity index (χ4n) is 4.93. The maximum atomic E-state index is 13.0. The molecule has 1 N–H and O–H groups in total. The van der Waals surface area contributed by atoms with Gasteiger partial charge in [0, 0.05) is 11.6 Å². The standard InChI is InChI=1S/C27H22ClF3N2O2.Na.H/c28-24-21-14-19(18-8-6-17(7-9-18)16-4-2-1-3-5-16)10-12-22(21)33(25(24)26(34)35)23-13-11-20(15-32-23)27(29,30)31;;/h6-16H,1-5H2,(H,34,35);;. The average molecular weight is 523 g/mol. The van der Waals surface area contributed by atoms with Crippen molar-refractivity contribution in [3.63, 3.8) is 0 Å². The number of carboxylic acid groups (broad SMARTS) is 1. The number of carboxylic acids is 1. The Morgan fingerprint density at radius 3 is 2.22 bits per heavy atom. The molecule has 9 heteroatoms. The van der Waals surface area contributed by atoms with Crippen molar-refractivity contribution >= 4 is 58.0 Å². The van der Waals surface area contributed by atoms with Crippen LogP contribution in [-0.2, 0) is 6.18 Å². The van der Waals surface area contributed by atoms with Gasteiger partial charge in [-0.2, -0.15) is 13.2 Å². The van der Waals surface area contributed by atoms with Crippen LogP contribution in [0.25, 0.3) is 27.8 Å². The zero-order chi connectivity index (χ0) is 24.7. The zero-order valence-electron chi connectivity index (χ0n) is 18.6. The number of fused-ring (bicyclic) bond motifs is 1. The monoisotopic (exact) mass is 522 g/mol. The number of hydrogen-bond acceptors (Lipinski definition) is 2. The number of halogens is 4. The molecule has 1 aliphatic carbocycles. The molecule has 0 spiro atoms. The van der Waals surface area contributed by atoms with Gasteiger partial charge in [-0.3, -0.25) is 4.57 Å². The van der Waals surface area contributed by atoms with Crippen molar-refractivity contribution in [2.24, 2.45) is 0 Å². The van der Waals surface area contributed by atoms with Crippen LogP contribution in [0.1, 0.15) is 59.6 Å². The van der Waals surface area contributed by atoms with E-state index in [1.807, 2.05) is 6.07 Å². The van der Waals surface area contributed by atoms with Crippen LogP contribution in [-0.4, -0.2) is 50.2 Å². The van der Waals surface area contributed by atoms with E-state index in [9.17, 15) is 23.1 Å². The fraction of sp³-hybridized carbons (Fsp3) is 0.259. The summed E-state index contributed by atoms with van der Waals surface area (Å²) in [5.74, 6) is -0.665. The normalized spacial score (nSPS) is 14.6. The SMILES string of the molecule is O=C(O)c1c(Cl)c2cc(-c3ccc(C4CCCCC4)cc3)ccc2n1-c1ccc(C(F)(F)F)cn1.[NaH]. The molecule has 0 aliphatic heterocycles. The van der Waals surface area contributed by atoms with E-state index in [1.165, 1.54) is 42.2 Å². The number of benzene rings is 2. The summed E-state index contributed by atoms with van der Waals surface area (Å²) in [6.07, 6.45) is 2.39. The predicted octanol–water partition coefficient (Wildman–Crippen LogP) is 7.46. The molecule has 0 bridgehead atoms. The molecule has 0 saturated heterocycles. The summed E-state index contributed by atoms with van der Waals surface area (Å²) in [4.78, 5) is 15.9. The first-order chi connectivity index (χ1) is 16.7. The van der Waals surface area contributed by atoms with Crippen molar-refractivity contribution < 1.29 is 23.1 Å². The van der Waals surface area contributed by atoms with Gasteiger partial charge in [0.2, 0.25) is 0 Å². The van der Waals surface area contributed by atoms with Gasteiger partial charge < -0.3 is 5.11 Å². The van der Waals surface area contributed by atoms with Crippen LogP contribution in [0.4, 0.5) is 13.2 Å². The number of alkyl halides is 3. The second-order valence-corrected chi connectivity index (χ2v) is 9.27. The molecule has 0 atom stereocenters. The molecule has 2 aromatic heterocycles. The van der Waals surface area contributed by atoms with Gasteiger partial charge in [-0.05, 0) is 59.7 Å². The van der Waals surface area contributed by atoms with Crippen molar-refractivity contribution in [1.82, 2.24) is 9.55 Å². The van der Waals surface area contributed by atoms with Gasteiger partial charge in [-0.15, -0.1) is 0 Å². The van der Waals surface area contributed by atoms with E-state index < -0.39 is 17.7 Å². The minimum absolute atomic E-state index is 0. The van der Waals surface area contributed by atoms with Gasteiger partial charge in [0.05, 0.1) is 16.1 Å². The number of aromatic carboxylic acids is 1. The third kappa shape index (κ3) is 5.07. The van der Waals surface area contributed by atoms with E-state index >= 15 is 0 Å². The number of nitrogens with zero attached hydrogens (tertiary/aromatic N) is 2. The Bertz CT molecular complexity index is 1390. The Kier molecular flexibility index (Phi) is 7.86. The number of carbonyl (C=O) groups is 1. The molecule has 0 amide bonds. The fourth-order valence-corrected chi connectivity index (χ4v) is 5.25. The van der Waals surface area contributed by atoms with Gasteiger partial charge in [-0.1, -0.05) is 61.2 Å². The number of hydrogen-bond donors (Lipinski definition) is 1. The van der Waals surface area contributed by atoms with Crippen LogP contribution in [0.2, 0.25) is 5.02 Å². The van der Waals surface area contributed by atoms with Crippen LogP contribution in [0.3, 0.4) is 0 Å². The molecule has 36 heavy (non-hydrogen) atoms. The number of aromatic nitrogens is 2. The summed E-state index contributed by atoms with van der Waals surface area (Å²) in [6.45, 7) is 0. The molecule has 4 aromatic rings. The molecule has 0 unspecified atom stereocenters. The first kappa shape index (κ1) is 26.7. The summed E-state index contributed by atoms with van der Waals surface area (Å²) in [7, 11) is 0. The van der Waals surface area contributed by atoms with Crippen molar-refractivity contribution in [1.29, 1.82) is 0 Å². The van der Waals surface area contributed by atoms with Gasteiger partial charge in [0.15, 0.2) is 5.69 Å². The first-order valence-corrected chi connectivity index (χ1v) is 11.8. The van der Waals surface area contributed by atoms with Crippen LogP contribution < -0.4 is 0 Å². The van der Waals surface area contributed by atoms with Crippen molar-refractivity contribution in [3.05, 3.63) is 82.6 Å². The van der Waals surface area contributed by atoms with Crippen LogP contribution in [0, 0.1) is 0 Å². The van der Waals surface area contributed by atoms with E-state index in [2.05, 4.69) is 29.2 Å². The van der Waals surface area contributed by atoms with Crippen molar-refractivity contribution in [2.75, 3.05) is 0 Å². The maximum absolute atomic E-state index is 13.0. The number of pyridine rings is 1. The Hall–Kier alpha value is -2.32. The van der Waals surface area contributed by atoms with Gasteiger partial charge in [0.1, 0.15) is 5.82 Å². The second kappa shape index (κ2) is 10.6. The first-order valence-electron chi connectivity index (χ1n) is 11.5. The summed E-state index contributed by atoms with van der Waals surface area (Å²) in [5, 5.41) is 10.3. The van der Waals surface area contributed by atoms with E-state index in [-0.39, 0.29) is 46.1 Å². The van der Waals surface area contributed by atoms with Gasteiger partial charge >= 0.3 is 41.7 Å². The topological polar surface area (TPSA) is 55.1 Å². The summed E-state index contributed by atoms with van der Waals surface area (Å²) < 4.78 is 40.2. The average Bonchev–Trinajstić information content (AvgIpc) is 3.16. The Morgan fingerprint density at radius 1 is 0.972 bits per heavy atom. The molecule has 2 aromatic carbocycles. The van der Waals surface area contributed by atoms with Gasteiger partial charge in [0.25, 0.3) is 0 Å². The van der Waals surface area contributed by atoms with E-state index in [0.29, 0.717) is 23.0 Å². The molecule has 1 fully saturated rings. The molecular weight excluding hydrogens is 500 g/mol. The minimum atomic E-state index is -4.54. The molecule has 5 rings (SSSR count). The van der Waals surface area contributed by atoms with E-state index in [0.717, 1.165) is 23.3 Å². The van der Waals surface area contributed by atoms with Gasteiger partial charge in [-0.25, -0.2) is 9.78 Å². The predicted molar refractivity (Wildman–Crippen MR) is 136 cm³/mol. The van der Waals surface area contributed by atoms with Crippen molar-refractivity contribution in [2.45, 2.75) is 44.2 Å². The summed E-state index contributed by atoms with van der Waals surface area (Å²) in [6, 6.07) is 15.8. The molecular formula is C27H23ClF3N2NaO2. The van der Waals surface area contributed by atoms with Crippen molar-refractivity contribution in [3.8, 4) is 16.9 Å². The Labute approximate surface area is 233 Å². The molecule has 4 nitrogen and oxygen atoms in total. The van der Waals surface area contributed by atoms with E-state index in [1.54, 1.807) is 12.1 Å². The summed E-state index contributed by atoms with van der Waals surface area (Å²) >= 11 is 6.49.